The van der Waals surface area contributed by atoms with Crippen molar-refractivity contribution in [1.29, 1.82) is 0 Å². The van der Waals surface area contributed by atoms with Gasteiger partial charge in [-0.2, -0.15) is 0 Å². The number of fused-ring (bicyclic) bond motifs is 1. The molecule has 4 rings (SSSR count). The average molecular weight is 429 g/mol. The Bertz CT molecular complexity index is 1340. The maximum Gasteiger partial charge on any atom is 0.255 e. The van der Waals surface area contributed by atoms with Crippen molar-refractivity contribution in [3.8, 4) is 0 Å². The zero-order valence-corrected chi connectivity index (χ0v) is 17.3. The maximum atomic E-state index is 12.7. The van der Waals surface area contributed by atoms with Gasteiger partial charge in [0.25, 0.3) is 15.9 Å². The monoisotopic (exact) mass is 428 g/mol. The van der Waals surface area contributed by atoms with Gasteiger partial charge in [-0.1, -0.05) is 66.7 Å². The third kappa shape index (κ3) is 5.18. The molecule has 6 heteroatoms. The molecule has 0 fully saturated rings. The molecule has 0 aliphatic carbocycles. The second-order valence-electron chi connectivity index (χ2n) is 6.92. The predicted molar refractivity (Wildman–Crippen MR) is 126 cm³/mol. The van der Waals surface area contributed by atoms with Crippen molar-refractivity contribution in [1.82, 2.24) is 0 Å². The van der Waals surface area contributed by atoms with E-state index in [0.29, 0.717) is 11.3 Å². The molecule has 0 unspecified atom stereocenters. The van der Waals surface area contributed by atoms with E-state index in [4.69, 9.17) is 0 Å². The van der Waals surface area contributed by atoms with Gasteiger partial charge in [-0.3, -0.25) is 9.52 Å². The Kier molecular flexibility index (Phi) is 5.82. The second-order valence-corrected chi connectivity index (χ2v) is 8.48. The van der Waals surface area contributed by atoms with Crippen LogP contribution in [0.5, 0.6) is 0 Å². The normalized spacial score (nSPS) is 11.5. The number of anilines is 2. The molecule has 0 bridgehead atoms. The van der Waals surface area contributed by atoms with Crippen molar-refractivity contribution in [2.75, 3.05) is 10.0 Å². The summed E-state index contributed by atoms with van der Waals surface area (Å²) in [6.07, 6.45) is 1.52. The number of rotatable bonds is 6. The quantitative estimate of drug-likeness (QED) is 0.425. The maximum absolute atomic E-state index is 12.7. The molecule has 31 heavy (non-hydrogen) atoms. The zero-order valence-electron chi connectivity index (χ0n) is 16.5. The lowest BCUT2D eigenvalue weighted by Crippen LogP contribution is -2.13. The van der Waals surface area contributed by atoms with Crippen LogP contribution < -0.4 is 10.0 Å². The Morgan fingerprint density at radius 1 is 0.742 bits per heavy atom. The van der Waals surface area contributed by atoms with Gasteiger partial charge in [0, 0.05) is 22.3 Å². The summed E-state index contributed by atoms with van der Waals surface area (Å²) in [5.74, 6) is -0.269. The highest BCUT2D eigenvalue weighted by atomic mass is 32.2. The molecule has 1 amide bonds. The molecule has 4 aromatic rings. The van der Waals surface area contributed by atoms with Crippen LogP contribution in [0.3, 0.4) is 0 Å². The highest BCUT2D eigenvalue weighted by Gasteiger charge is 2.10. The van der Waals surface area contributed by atoms with Crippen LogP contribution in [-0.4, -0.2) is 14.3 Å². The molecule has 2 N–H and O–H groups in total. The smallest absolute Gasteiger partial charge is 0.255 e. The first-order valence-corrected chi connectivity index (χ1v) is 11.2. The highest BCUT2D eigenvalue weighted by Crippen LogP contribution is 2.23. The van der Waals surface area contributed by atoms with E-state index in [0.717, 1.165) is 27.4 Å². The number of benzene rings is 4. The topological polar surface area (TPSA) is 75.3 Å². The van der Waals surface area contributed by atoms with Gasteiger partial charge < -0.3 is 5.32 Å². The SMILES string of the molecule is O=C(Nc1cccc2ccccc12)c1ccc(NS(=O)(=O)/C=C/c2ccccc2)cc1. The van der Waals surface area contributed by atoms with Gasteiger partial charge in [0.15, 0.2) is 0 Å². The van der Waals surface area contributed by atoms with Crippen molar-refractivity contribution in [3.05, 3.63) is 114 Å². The standard InChI is InChI=1S/C25H20N2O3S/c28-25(26-24-12-6-10-20-9-4-5-11-23(20)24)21-13-15-22(16-14-21)27-31(29,30)18-17-19-7-2-1-3-8-19/h1-18,27H,(H,26,28)/b18-17+. The van der Waals surface area contributed by atoms with Gasteiger partial charge >= 0.3 is 0 Å². The molecule has 0 aromatic heterocycles. The third-order valence-corrected chi connectivity index (χ3v) is 5.70. The molecule has 4 aromatic carbocycles. The summed E-state index contributed by atoms with van der Waals surface area (Å²) in [6.45, 7) is 0. The Morgan fingerprint density at radius 2 is 1.42 bits per heavy atom. The molecule has 0 aliphatic heterocycles. The Hall–Kier alpha value is -3.90. The number of carbonyl (C=O) groups excluding carboxylic acids is 1. The highest BCUT2D eigenvalue weighted by molar-refractivity contribution is 7.95. The summed E-state index contributed by atoms with van der Waals surface area (Å²) < 4.78 is 27.0. The first-order chi connectivity index (χ1) is 15.0. The molecule has 0 saturated heterocycles. The van der Waals surface area contributed by atoms with Crippen LogP contribution in [0.1, 0.15) is 15.9 Å². The molecule has 5 nitrogen and oxygen atoms in total. The first kappa shape index (κ1) is 20.4. The van der Waals surface area contributed by atoms with E-state index in [2.05, 4.69) is 10.0 Å². The van der Waals surface area contributed by atoms with Gasteiger partial charge in [-0.25, -0.2) is 8.42 Å². The van der Waals surface area contributed by atoms with Gasteiger partial charge in [-0.15, -0.1) is 0 Å². The lowest BCUT2D eigenvalue weighted by molar-refractivity contribution is 0.102. The van der Waals surface area contributed by atoms with E-state index in [1.54, 1.807) is 24.3 Å². The molecule has 0 aliphatic rings. The van der Waals surface area contributed by atoms with Crippen LogP contribution in [0.15, 0.2) is 102 Å². The van der Waals surface area contributed by atoms with Crippen LogP contribution in [-0.2, 0) is 10.0 Å². The number of carbonyl (C=O) groups is 1. The lowest BCUT2D eigenvalue weighted by Gasteiger charge is -2.10. The molecule has 0 heterocycles. The molecular formula is C25H20N2O3S. The van der Waals surface area contributed by atoms with Crippen LogP contribution >= 0.6 is 0 Å². The molecule has 0 saturated carbocycles. The minimum absolute atomic E-state index is 0.269. The van der Waals surface area contributed by atoms with Gasteiger partial charge in [0.1, 0.15) is 0 Å². The molecule has 154 valence electrons. The molecule has 0 spiro atoms. The Labute approximate surface area is 181 Å². The van der Waals surface area contributed by atoms with Crippen LogP contribution in [0.2, 0.25) is 0 Å². The van der Waals surface area contributed by atoms with Crippen LogP contribution in [0, 0.1) is 0 Å². The summed E-state index contributed by atoms with van der Waals surface area (Å²) in [5, 5.41) is 6.02. The van der Waals surface area contributed by atoms with Crippen molar-refractivity contribution in [3.63, 3.8) is 0 Å². The third-order valence-electron chi connectivity index (χ3n) is 4.68. The van der Waals surface area contributed by atoms with Gasteiger partial charge in [0.2, 0.25) is 0 Å². The number of hydrogen-bond donors (Lipinski definition) is 2. The Balaban J connectivity index is 1.45. The minimum atomic E-state index is -3.67. The van der Waals surface area contributed by atoms with Crippen molar-refractivity contribution in [2.45, 2.75) is 0 Å². The van der Waals surface area contributed by atoms with Gasteiger partial charge in [0.05, 0.1) is 5.41 Å². The molecule has 0 radical (unpaired) electrons. The van der Waals surface area contributed by atoms with E-state index < -0.39 is 10.0 Å². The number of hydrogen-bond acceptors (Lipinski definition) is 3. The van der Waals surface area contributed by atoms with E-state index in [1.807, 2.05) is 72.8 Å². The van der Waals surface area contributed by atoms with E-state index in [-0.39, 0.29) is 5.91 Å². The van der Waals surface area contributed by atoms with Crippen LogP contribution in [0.4, 0.5) is 11.4 Å². The summed E-state index contributed by atoms with van der Waals surface area (Å²) in [5.41, 5.74) is 2.31. The van der Waals surface area contributed by atoms with Gasteiger partial charge in [-0.05, 0) is 47.4 Å². The summed E-state index contributed by atoms with van der Waals surface area (Å²) in [6, 6.07) is 29.0. The van der Waals surface area contributed by atoms with E-state index in [9.17, 15) is 13.2 Å². The first-order valence-electron chi connectivity index (χ1n) is 9.65. The summed E-state index contributed by atoms with van der Waals surface area (Å²) >= 11 is 0. The molecular weight excluding hydrogens is 408 g/mol. The van der Waals surface area contributed by atoms with Crippen molar-refractivity contribution in [2.24, 2.45) is 0 Å². The summed E-state index contributed by atoms with van der Waals surface area (Å²) in [7, 11) is -3.67. The second kappa shape index (κ2) is 8.85. The predicted octanol–water partition coefficient (Wildman–Crippen LogP) is 5.50. The van der Waals surface area contributed by atoms with Crippen molar-refractivity contribution >= 4 is 44.2 Å². The average Bonchev–Trinajstić information content (AvgIpc) is 2.79. The summed E-state index contributed by atoms with van der Waals surface area (Å²) in [4.78, 5) is 12.7. The number of sulfonamides is 1. The molecule has 0 atom stereocenters. The zero-order chi connectivity index (χ0) is 21.7. The van der Waals surface area contributed by atoms with Crippen LogP contribution in [0.25, 0.3) is 16.8 Å². The Morgan fingerprint density at radius 3 is 2.19 bits per heavy atom. The number of amides is 1. The van der Waals surface area contributed by atoms with E-state index in [1.165, 1.54) is 6.08 Å². The fourth-order valence-corrected chi connectivity index (χ4v) is 4.02. The largest absolute Gasteiger partial charge is 0.321 e. The number of nitrogens with one attached hydrogen (secondary N) is 2. The van der Waals surface area contributed by atoms with E-state index >= 15 is 0 Å². The lowest BCUT2D eigenvalue weighted by atomic mass is 10.1. The minimum Gasteiger partial charge on any atom is -0.321 e. The van der Waals surface area contributed by atoms with Crippen molar-refractivity contribution < 1.29 is 13.2 Å². The fraction of sp³-hybridized carbons (Fsp3) is 0. The fourth-order valence-electron chi connectivity index (χ4n) is 3.15.